The van der Waals surface area contributed by atoms with Crippen LogP contribution < -0.4 is 5.32 Å². The van der Waals surface area contributed by atoms with Gasteiger partial charge in [-0.2, -0.15) is 0 Å². The molecule has 1 atom stereocenters. The summed E-state index contributed by atoms with van der Waals surface area (Å²) in [7, 11) is 0. The van der Waals surface area contributed by atoms with Gasteiger partial charge in [-0.25, -0.2) is 0 Å². The fraction of sp³-hybridized carbons (Fsp3) is 0.444. The second-order valence-corrected chi connectivity index (χ2v) is 5.95. The molecule has 6 nitrogen and oxygen atoms in total. The molecule has 0 radical (unpaired) electrons. The van der Waals surface area contributed by atoms with E-state index in [2.05, 4.69) is 10.5 Å². The molecular formula is C18H22N2O4. The first kappa shape index (κ1) is 16.7. The average Bonchev–Trinajstić information content (AvgIpc) is 3.10. The molecule has 1 unspecified atom stereocenters. The van der Waals surface area contributed by atoms with Crippen LogP contribution in [0, 0.1) is 5.92 Å². The average molecular weight is 330 g/mol. The van der Waals surface area contributed by atoms with E-state index in [1.807, 2.05) is 30.3 Å². The van der Waals surface area contributed by atoms with E-state index >= 15 is 0 Å². The van der Waals surface area contributed by atoms with Crippen molar-refractivity contribution in [3.63, 3.8) is 0 Å². The molecule has 128 valence electrons. The lowest BCUT2D eigenvalue weighted by atomic mass is 10.0. The van der Waals surface area contributed by atoms with Gasteiger partial charge in [0, 0.05) is 19.2 Å². The predicted molar refractivity (Wildman–Crippen MR) is 87.3 cm³/mol. The zero-order chi connectivity index (χ0) is 16.6. The Morgan fingerprint density at radius 2 is 2.17 bits per heavy atom. The van der Waals surface area contributed by atoms with Crippen LogP contribution in [0.3, 0.4) is 0 Å². The number of carbonyl (C=O) groups excluding carboxylic acids is 1. The first-order valence-corrected chi connectivity index (χ1v) is 8.24. The Morgan fingerprint density at radius 3 is 2.96 bits per heavy atom. The topological polar surface area (TPSA) is 73.6 Å². The van der Waals surface area contributed by atoms with Crippen LogP contribution in [-0.2, 0) is 22.7 Å². The Kier molecular flexibility index (Phi) is 5.98. The van der Waals surface area contributed by atoms with E-state index in [0.717, 1.165) is 25.0 Å². The first-order valence-electron chi connectivity index (χ1n) is 8.24. The van der Waals surface area contributed by atoms with Gasteiger partial charge in [-0.1, -0.05) is 35.5 Å². The number of benzene rings is 1. The summed E-state index contributed by atoms with van der Waals surface area (Å²) in [6.45, 7) is 2.90. The van der Waals surface area contributed by atoms with Crippen molar-refractivity contribution in [2.24, 2.45) is 5.92 Å². The Hall–Kier alpha value is -2.18. The van der Waals surface area contributed by atoms with Crippen LogP contribution in [0.5, 0.6) is 0 Å². The van der Waals surface area contributed by atoms with Gasteiger partial charge in [0.1, 0.15) is 6.61 Å². The van der Waals surface area contributed by atoms with Gasteiger partial charge in [-0.15, -0.1) is 0 Å². The number of hydrogen-bond acceptors (Lipinski definition) is 5. The Bertz CT molecular complexity index is 635. The lowest BCUT2D eigenvalue weighted by molar-refractivity contribution is 0.0535. The third-order valence-corrected chi connectivity index (χ3v) is 3.95. The molecule has 3 rings (SSSR count). The highest BCUT2D eigenvalue weighted by molar-refractivity contribution is 5.92. The molecular weight excluding hydrogens is 308 g/mol. The van der Waals surface area contributed by atoms with E-state index in [-0.39, 0.29) is 18.2 Å². The quantitative estimate of drug-likeness (QED) is 0.844. The minimum atomic E-state index is -0.223. The van der Waals surface area contributed by atoms with Gasteiger partial charge in [0.05, 0.1) is 13.2 Å². The van der Waals surface area contributed by atoms with E-state index in [0.29, 0.717) is 31.4 Å². The van der Waals surface area contributed by atoms with Crippen molar-refractivity contribution in [1.29, 1.82) is 0 Å². The van der Waals surface area contributed by atoms with Crippen LogP contribution >= 0.6 is 0 Å². The Balaban J connectivity index is 1.41. The highest BCUT2D eigenvalue weighted by Crippen LogP contribution is 2.13. The number of amides is 1. The van der Waals surface area contributed by atoms with Crippen LogP contribution in [-0.4, -0.2) is 30.8 Å². The van der Waals surface area contributed by atoms with Crippen molar-refractivity contribution < 1.29 is 18.8 Å². The molecule has 1 aliphatic rings. The predicted octanol–water partition coefficient (Wildman–Crippen LogP) is 2.55. The van der Waals surface area contributed by atoms with Crippen LogP contribution in [0.2, 0.25) is 0 Å². The smallest absolute Gasteiger partial charge is 0.273 e. The molecule has 1 saturated heterocycles. The second kappa shape index (κ2) is 8.61. The minimum Gasteiger partial charge on any atom is -0.381 e. The summed E-state index contributed by atoms with van der Waals surface area (Å²) in [6, 6.07) is 11.5. The number of ether oxygens (including phenoxy) is 2. The molecule has 1 amide bonds. The van der Waals surface area contributed by atoms with E-state index in [4.69, 9.17) is 14.0 Å². The largest absolute Gasteiger partial charge is 0.381 e. The first-order chi connectivity index (χ1) is 11.8. The summed E-state index contributed by atoms with van der Waals surface area (Å²) in [4.78, 5) is 12.1. The SMILES string of the molecule is O=C(NCC1CCCOC1)c1cc(COCc2ccccc2)on1. The van der Waals surface area contributed by atoms with Gasteiger partial charge in [-0.3, -0.25) is 4.79 Å². The van der Waals surface area contributed by atoms with Crippen LogP contribution in [0.4, 0.5) is 0 Å². The zero-order valence-electron chi connectivity index (χ0n) is 13.6. The molecule has 2 aromatic rings. The number of rotatable bonds is 7. The van der Waals surface area contributed by atoms with Crippen molar-refractivity contribution in [2.45, 2.75) is 26.1 Å². The van der Waals surface area contributed by atoms with Crippen molar-refractivity contribution >= 4 is 5.91 Å². The molecule has 1 fully saturated rings. The van der Waals surface area contributed by atoms with Crippen molar-refractivity contribution in [2.75, 3.05) is 19.8 Å². The molecule has 6 heteroatoms. The fourth-order valence-electron chi connectivity index (χ4n) is 2.63. The molecule has 1 aliphatic heterocycles. The molecule has 24 heavy (non-hydrogen) atoms. The monoisotopic (exact) mass is 330 g/mol. The third-order valence-electron chi connectivity index (χ3n) is 3.95. The number of hydrogen-bond donors (Lipinski definition) is 1. The van der Waals surface area contributed by atoms with E-state index in [9.17, 15) is 4.79 Å². The third kappa shape index (κ3) is 4.91. The fourth-order valence-corrected chi connectivity index (χ4v) is 2.63. The van der Waals surface area contributed by atoms with E-state index < -0.39 is 0 Å². The second-order valence-electron chi connectivity index (χ2n) is 5.95. The van der Waals surface area contributed by atoms with E-state index in [1.54, 1.807) is 6.07 Å². The summed E-state index contributed by atoms with van der Waals surface area (Å²) < 4.78 is 16.1. The van der Waals surface area contributed by atoms with Crippen molar-refractivity contribution in [3.8, 4) is 0 Å². The van der Waals surface area contributed by atoms with Crippen molar-refractivity contribution in [3.05, 3.63) is 53.4 Å². The number of nitrogens with one attached hydrogen (secondary N) is 1. The molecule has 0 aliphatic carbocycles. The highest BCUT2D eigenvalue weighted by Gasteiger charge is 2.17. The van der Waals surface area contributed by atoms with Gasteiger partial charge >= 0.3 is 0 Å². The maximum atomic E-state index is 12.1. The van der Waals surface area contributed by atoms with Gasteiger partial charge in [0.15, 0.2) is 11.5 Å². The summed E-state index contributed by atoms with van der Waals surface area (Å²) in [5.41, 5.74) is 1.37. The normalized spacial score (nSPS) is 17.6. The number of aromatic nitrogens is 1. The summed E-state index contributed by atoms with van der Waals surface area (Å²) in [5.74, 6) is 0.694. The van der Waals surface area contributed by atoms with Crippen LogP contribution in [0.15, 0.2) is 40.9 Å². The van der Waals surface area contributed by atoms with Gasteiger partial charge < -0.3 is 19.3 Å². The lowest BCUT2D eigenvalue weighted by Gasteiger charge is -2.21. The summed E-state index contributed by atoms with van der Waals surface area (Å²) in [6.07, 6.45) is 2.13. The maximum Gasteiger partial charge on any atom is 0.273 e. The number of nitrogens with zero attached hydrogens (tertiary/aromatic N) is 1. The minimum absolute atomic E-state index is 0.223. The summed E-state index contributed by atoms with van der Waals surface area (Å²) >= 11 is 0. The van der Waals surface area contributed by atoms with Crippen molar-refractivity contribution in [1.82, 2.24) is 10.5 Å². The molecule has 0 bridgehead atoms. The molecule has 0 saturated carbocycles. The Labute approximate surface area is 141 Å². The molecule has 1 N–H and O–H groups in total. The zero-order valence-corrected chi connectivity index (χ0v) is 13.6. The molecule has 2 heterocycles. The maximum absolute atomic E-state index is 12.1. The van der Waals surface area contributed by atoms with Crippen LogP contribution in [0.1, 0.15) is 34.7 Å². The standard InChI is InChI=1S/C18H22N2O4/c21-18(19-10-15-7-4-8-22-12-15)17-9-16(24-20-17)13-23-11-14-5-2-1-3-6-14/h1-3,5-6,9,15H,4,7-8,10-13H2,(H,19,21). The molecule has 0 spiro atoms. The van der Waals surface area contributed by atoms with Crippen LogP contribution in [0.25, 0.3) is 0 Å². The molecule has 1 aromatic carbocycles. The Morgan fingerprint density at radius 1 is 1.29 bits per heavy atom. The van der Waals surface area contributed by atoms with Gasteiger partial charge in [0.2, 0.25) is 0 Å². The van der Waals surface area contributed by atoms with Gasteiger partial charge in [-0.05, 0) is 24.3 Å². The number of carbonyl (C=O) groups is 1. The summed E-state index contributed by atoms with van der Waals surface area (Å²) in [5, 5.41) is 6.69. The molecule has 1 aromatic heterocycles. The lowest BCUT2D eigenvalue weighted by Crippen LogP contribution is -2.33. The van der Waals surface area contributed by atoms with E-state index in [1.165, 1.54) is 0 Å². The van der Waals surface area contributed by atoms with Gasteiger partial charge in [0.25, 0.3) is 5.91 Å². The highest BCUT2D eigenvalue weighted by atomic mass is 16.5.